The molecule has 43 heavy (non-hydrogen) atoms. The minimum absolute atomic E-state index is 0.00854. The van der Waals surface area contributed by atoms with Crippen LogP contribution < -0.4 is 20.4 Å². The second-order valence-corrected chi connectivity index (χ2v) is 18.3. The summed E-state index contributed by atoms with van der Waals surface area (Å²) in [5.41, 5.74) is 4.33. The highest BCUT2D eigenvalue weighted by molar-refractivity contribution is 6.74. The monoisotopic (exact) mass is 604 g/mol. The molecule has 1 saturated heterocycles. The van der Waals surface area contributed by atoms with E-state index < -0.39 is 14.1 Å². The average molecular weight is 605 g/mol. The molecule has 3 heterocycles. The van der Waals surface area contributed by atoms with Crippen LogP contribution >= 0.6 is 0 Å². The van der Waals surface area contributed by atoms with E-state index in [2.05, 4.69) is 84.8 Å². The van der Waals surface area contributed by atoms with Gasteiger partial charge in [0.1, 0.15) is 22.9 Å². The van der Waals surface area contributed by atoms with Crippen molar-refractivity contribution < 1.29 is 13.6 Å². The van der Waals surface area contributed by atoms with Crippen LogP contribution in [0.15, 0.2) is 42.6 Å². The molecule has 1 fully saturated rings. The molecule has 230 valence electrons. The zero-order chi connectivity index (χ0) is 31.1. The molecule has 8 nitrogen and oxygen atoms in total. The van der Waals surface area contributed by atoms with Gasteiger partial charge in [0.2, 0.25) is 8.32 Å². The molecule has 2 aliphatic heterocycles. The standard InChI is InChI=1S/C33H45FN6O2Si/c1-21-17-24(34)27(19-29(21)42-43(7,8)33(2,3)4)36-26-11-14-35-31-30(26)32(41)38-28-18-22(9-10-25(28)37-31)20-40-15-12-23(13-16-40)39(5)6/h9-11,14,17-19,23H,12-13,15-16,20H2,1-8H3,(H,38,41)(H2,35,36,37). The molecule has 0 aliphatic carbocycles. The number of aryl methyl sites for hydroxylation is 1. The lowest BCUT2D eigenvalue weighted by Gasteiger charge is -2.37. The van der Waals surface area contributed by atoms with E-state index in [1.165, 1.54) is 6.07 Å². The van der Waals surface area contributed by atoms with Crippen LogP contribution in [0, 0.1) is 12.7 Å². The summed E-state index contributed by atoms with van der Waals surface area (Å²) in [6.45, 7) is 15.6. The third kappa shape index (κ3) is 6.71. The molecule has 3 N–H and O–H groups in total. The minimum atomic E-state index is -2.15. The first kappa shape index (κ1) is 31.0. The summed E-state index contributed by atoms with van der Waals surface area (Å²) in [5, 5.41) is 9.55. The van der Waals surface area contributed by atoms with E-state index in [-0.39, 0.29) is 16.6 Å². The van der Waals surface area contributed by atoms with Crippen molar-refractivity contribution in [3.8, 4) is 5.75 Å². The number of hydrogen-bond donors (Lipinski definition) is 3. The molecule has 5 rings (SSSR count). The van der Waals surface area contributed by atoms with Crippen LogP contribution in [-0.2, 0) is 6.54 Å². The third-order valence-corrected chi connectivity index (χ3v) is 13.5. The Balaban J connectivity index is 1.37. The van der Waals surface area contributed by atoms with Gasteiger partial charge >= 0.3 is 0 Å². The summed E-state index contributed by atoms with van der Waals surface area (Å²) in [7, 11) is 2.14. The number of piperidine rings is 1. The number of amides is 1. The van der Waals surface area contributed by atoms with Crippen molar-refractivity contribution in [2.24, 2.45) is 0 Å². The van der Waals surface area contributed by atoms with Crippen LogP contribution in [0.3, 0.4) is 0 Å². The number of pyridine rings is 1. The number of fused-ring (bicyclic) bond motifs is 2. The van der Waals surface area contributed by atoms with E-state index >= 15 is 4.39 Å². The molecule has 0 bridgehead atoms. The first-order valence-corrected chi connectivity index (χ1v) is 18.0. The van der Waals surface area contributed by atoms with Gasteiger partial charge in [-0.15, -0.1) is 0 Å². The summed E-state index contributed by atoms with van der Waals surface area (Å²) in [6.07, 6.45) is 3.91. The number of carbonyl (C=O) groups excluding carboxylic acids is 1. The maximum Gasteiger partial charge on any atom is 0.261 e. The number of anilines is 5. The Morgan fingerprint density at radius 1 is 1.07 bits per heavy atom. The molecule has 3 aromatic rings. The molecule has 0 atom stereocenters. The van der Waals surface area contributed by atoms with Gasteiger partial charge in [0.15, 0.2) is 0 Å². The van der Waals surface area contributed by atoms with Gasteiger partial charge in [-0.25, -0.2) is 9.37 Å². The van der Waals surface area contributed by atoms with Crippen molar-refractivity contribution in [3.63, 3.8) is 0 Å². The lowest BCUT2D eigenvalue weighted by molar-refractivity contribution is 0.102. The summed E-state index contributed by atoms with van der Waals surface area (Å²) in [6, 6.07) is 11.6. The van der Waals surface area contributed by atoms with Gasteiger partial charge in [0, 0.05) is 24.8 Å². The van der Waals surface area contributed by atoms with E-state index in [4.69, 9.17) is 4.43 Å². The molecule has 1 amide bonds. The zero-order valence-electron chi connectivity index (χ0n) is 26.7. The quantitative estimate of drug-likeness (QED) is 0.241. The lowest BCUT2D eigenvalue weighted by Crippen LogP contribution is -2.44. The topological polar surface area (TPSA) is 81.8 Å². The third-order valence-electron chi connectivity index (χ3n) is 9.16. The number of benzene rings is 2. The number of halogens is 1. The maximum atomic E-state index is 15.3. The van der Waals surface area contributed by atoms with Crippen LogP contribution in [0.4, 0.5) is 33.0 Å². The smallest absolute Gasteiger partial charge is 0.261 e. The van der Waals surface area contributed by atoms with Crippen LogP contribution in [0.5, 0.6) is 5.75 Å². The van der Waals surface area contributed by atoms with E-state index in [9.17, 15) is 4.79 Å². The van der Waals surface area contributed by atoms with Crippen molar-refractivity contribution in [2.75, 3.05) is 43.1 Å². The van der Waals surface area contributed by atoms with Crippen LogP contribution in [-0.4, -0.2) is 62.2 Å². The number of rotatable bonds is 7. The summed E-state index contributed by atoms with van der Waals surface area (Å²) in [5.74, 6) is 0.315. The van der Waals surface area contributed by atoms with Crippen LogP contribution in [0.1, 0.15) is 55.1 Å². The molecule has 0 radical (unpaired) electrons. The molecule has 1 aromatic heterocycles. The number of nitrogens with zero attached hydrogens (tertiary/aromatic N) is 3. The lowest BCUT2D eigenvalue weighted by atomic mass is 10.0. The first-order valence-electron chi connectivity index (χ1n) is 15.1. The van der Waals surface area contributed by atoms with Crippen LogP contribution in [0.2, 0.25) is 18.1 Å². The predicted octanol–water partition coefficient (Wildman–Crippen LogP) is 7.49. The number of aromatic nitrogens is 1. The normalized spacial score (nSPS) is 16.2. The average Bonchev–Trinajstić information content (AvgIpc) is 3.06. The molecule has 0 unspecified atom stereocenters. The van der Waals surface area contributed by atoms with Gasteiger partial charge in [0.05, 0.1) is 22.7 Å². The van der Waals surface area contributed by atoms with Crippen molar-refractivity contribution in [2.45, 2.75) is 71.3 Å². The summed E-state index contributed by atoms with van der Waals surface area (Å²) in [4.78, 5) is 22.9. The summed E-state index contributed by atoms with van der Waals surface area (Å²) >= 11 is 0. The van der Waals surface area contributed by atoms with Gasteiger partial charge in [-0.1, -0.05) is 26.8 Å². The van der Waals surface area contributed by atoms with Crippen LogP contribution in [0.25, 0.3) is 0 Å². The highest BCUT2D eigenvalue weighted by Crippen LogP contribution is 2.40. The molecule has 0 spiro atoms. The Morgan fingerprint density at radius 2 is 1.79 bits per heavy atom. The fraction of sp³-hybridized carbons (Fsp3) is 0.455. The Labute approximate surface area is 256 Å². The Bertz CT molecular complexity index is 1510. The Kier molecular flexibility index (Phi) is 8.57. The molecule has 10 heteroatoms. The highest BCUT2D eigenvalue weighted by atomic mass is 28.4. The molecular formula is C33H45FN6O2Si. The number of hydrogen-bond acceptors (Lipinski definition) is 7. The molecule has 2 aromatic carbocycles. The second-order valence-electron chi connectivity index (χ2n) is 13.6. The van der Waals surface area contributed by atoms with E-state index in [0.29, 0.717) is 34.5 Å². The van der Waals surface area contributed by atoms with Crippen molar-refractivity contribution in [1.29, 1.82) is 0 Å². The van der Waals surface area contributed by atoms with E-state index in [0.717, 1.165) is 49.3 Å². The van der Waals surface area contributed by atoms with Crippen molar-refractivity contribution in [1.82, 2.24) is 14.8 Å². The fourth-order valence-electron chi connectivity index (χ4n) is 5.39. The molecular weight excluding hydrogens is 559 g/mol. The van der Waals surface area contributed by atoms with Gasteiger partial charge in [-0.3, -0.25) is 9.69 Å². The minimum Gasteiger partial charge on any atom is -0.543 e. The molecule has 2 aliphatic rings. The second kappa shape index (κ2) is 11.9. The maximum absolute atomic E-state index is 15.3. The predicted molar refractivity (Wildman–Crippen MR) is 176 cm³/mol. The van der Waals surface area contributed by atoms with Crippen molar-refractivity contribution in [3.05, 3.63) is 65.1 Å². The van der Waals surface area contributed by atoms with Gasteiger partial charge in [0.25, 0.3) is 5.91 Å². The van der Waals surface area contributed by atoms with Gasteiger partial charge in [-0.05, 0) is 100 Å². The summed E-state index contributed by atoms with van der Waals surface area (Å²) < 4.78 is 21.8. The SMILES string of the molecule is Cc1cc(F)c(Nc2ccnc3c2C(=O)Nc2cc(CN4CCC(N(C)C)CC4)ccc2N3)cc1O[Si](C)(C)C(C)(C)C. The van der Waals surface area contributed by atoms with E-state index in [1.54, 1.807) is 18.3 Å². The Hall–Kier alpha value is -3.47. The first-order chi connectivity index (χ1) is 20.2. The highest BCUT2D eigenvalue weighted by Gasteiger charge is 2.39. The number of carbonyl (C=O) groups is 1. The van der Waals surface area contributed by atoms with Crippen molar-refractivity contribution >= 4 is 42.8 Å². The largest absolute Gasteiger partial charge is 0.543 e. The van der Waals surface area contributed by atoms with E-state index in [1.807, 2.05) is 19.1 Å². The Morgan fingerprint density at radius 3 is 2.47 bits per heavy atom. The van der Waals surface area contributed by atoms with Gasteiger partial charge < -0.3 is 25.3 Å². The molecule has 0 saturated carbocycles. The van der Waals surface area contributed by atoms with Gasteiger partial charge in [-0.2, -0.15) is 0 Å². The number of nitrogens with one attached hydrogen (secondary N) is 3. The fourth-order valence-corrected chi connectivity index (χ4v) is 6.46. The number of likely N-dealkylation sites (tertiary alicyclic amines) is 1. The zero-order valence-corrected chi connectivity index (χ0v) is 27.7.